The lowest BCUT2D eigenvalue weighted by molar-refractivity contribution is -0.138. The van der Waals surface area contributed by atoms with E-state index in [0.29, 0.717) is 26.1 Å². The predicted molar refractivity (Wildman–Crippen MR) is 103 cm³/mol. The van der Waals surface area contributed by atoms with Crippen molar-refractivity contribution in [2.75, 3.05) is 13.1 Å². The van der Waals surface area contributed by atoms with Crippen LogP contribution in [0, 0.1) is 6.92 Å². The van der Waals surface area contributed by atoms with Gasteiger partial charge in [-0.15, -0.1) is 0 Å². The Labute approximate surface area is 157 Å². The van der Waals surface area contributed by atoms with E-state index in [1.54, 1.807) is 4.90 Å². The first-order chi connectivity index (χ1) is 12.2. The number of hydrogen-bond donors (Lipinski definition) is 0. The molecular formula is C21H32N2O3. The summed E-state index contributed by atoms with van der Waals surface area (Å²) < 4.78 is 5.52. The summed E-state index contributed by atoms with van der Waals surface area (Å²) in [7, 11) is 0. The van der Waals surface area contributed by atoms with Crippen LogP contribution in [0.25, 0.3) is 0 Å². The predicted octanol–water partition coefficient (Wildman–Crippen LogP) is 4.13. The van der Waals surface area contributed by atoms with Crippen molar-refractivity contribution in [2.24, 2.45) is 0 Å². The van der Waals surface area contributed by atoms with E-state index >= 15 is 0 Å². The van der Waals surface area contributed by atoms with Crippen molar-refractivity contribution in [1.82, 2.24) is 9.80 Å². The Hall–Kier alpha value is -2.04. The summed E-state index contributed by atoms with van der Waals surface area (Å²) in [5, 5.41) is 0. The maximum atomic E-state index is 13.2. The van der Waals surface area contributed by atoms with E-state index in [1.807, 2.05) is 44.7 Å². The summed E-state index contributed by atoms with van der Waals surface area (Å²) in [6.07, 6.45) is 2.18. The molecule has 2 rings (SSSR count). The normalized spacial score (nSPS) is 17.7. The minimum atomic E-state index is -0.562. The van der Waals surface area contributed by atoms with Crippen LogP contribution in [0.5, 0.6) is 0 Å². The van der Waals surface area contributed by atoms with Gasteiger partial charge in [0.1, 0.15) is 11.6 Å². The Kier molecular flexibility index (Phi) is 6.68. The average molecular weight is 360 g/mol. The van der Waals surface area contributed by atoms with E-state index in [0.717, 1.165) is 18.4 Å². The second-order valence-electron chi connectivity index (χ2n) is 7.96. The standard InChI is InChI=1S/C21H32N2O3/c1-6-22(15-17-12-8-7-11-16(17)2)19(24)18-13-9-10-14-23(18)20(25)26-21(3,4)5/h7-8,11-12,18H,6,9-10,13-15H2,1-5H3/t18-/m0/s1. The number of piperidine rings is 1. The van der Waals surface area contributed by atoms with Crippen LogP contribution in [0.3, 0.4) is 0 Å². The van der Waals surface area contributed by atoms with Gasteiger partial charge in [-0.2, -0.15) is 0 Å². The highest BCUT2D eigenvalue weighted by Crippen LogP contribution is 2.23. The maximum Gasteiger partial charge on any atom is 0.410 e. The lowest BCUT2D eigenvalue weighted by Crippen LogP contribution is -2.53. The van der Waals surface area contributed by atoms with Crippen molar-refractivity contribution >= 4 is 12.0 Å². The number of carbonyl (C=O) groups excluding carboxylic acids is 2. The zero-order valence-electron chi connectivity index (χ0n) is 16.7. The van der Waals surface area contributed by atoms with Gasteiger partial charge < -0.3 is 9.64 Å². The van der Waals surface area contributed by atoms with E-state index in [1.165, 1.54) is 5.56 Å². The van der Waals surface area contributed by atoms with Gasteiger partial charge in [-0.3, -0.25) is 9.69 Å². The van der Waals surface area contributed by atoms with E-state index in [9.17, 15) is 9.59 Å². The smallest absolute Gasteiger partial charge is 0.410 e. The molecule has 1 aromatic rings. The van der Waals surface area contributed by atoms with E-state index in [4.69, 9.17) is 4.74 Å². The molecule has 1 fully saturated rings. The second kappa shape index (κ2) is 8.56. The number of rotatable bonds is 4. The number of aryl methyl sites for hydroxylation is 1. The number of nitrogens with zero attached hydrogens (tertiary/aromatic N) is 2. The lowest BCUT2D eigenvalue weighted by Gasteiger charge is -2.38. The number of benzene rings is 1. The summed E-state index contributed by atoms with van der Waals surface area (Å²) in [5.74, 6) is 0.0151. The number of amides is 2. The molecule has 0 N–H and O–H groups in total. The monoisotopic (exact) mass is 360 g/mol. The number of likely N-dealkylation sites (tertiary alicyclic amines) is 1. The molecule has 1 aliphatic rings. The quantitative estimate of drug-likeness (QED) is 0.811. The van der Waals surface area contributed by atoms with Crippen LogP contribution < -0.4 is 0 Å². The molecule has 0 aromatic heterocycles. The Morgan fingerprint density at radius 1 is 1.23 bits per heavy atom. The maximum absolute atomic E-state index is 13.2. The van der Waals surface area contributed by atoms with Gasteiger partial charge >= 0.3 is 6.09 Å². The van der Waals surface area contributed by atoms with E-state index < -0.39 is 11.6 Å². The molecule has 26 heavy (non-hydrogen) atoms. The Bertz CT molecular complexity index is 636. The van der Waals surface area contributed by atoms with Crippen LogP contribution in [-0.4, -0.2) is 46.5 Å². The molecule has 0 saturated carbocycles. The highest BCUT2D eigenvalue weighted by molar-refractivity contribution is 5.86. The summed E-state index contributed by atoms with van der Waals surface area (Å²) in [6, 6.07) is 7.68. The Balaban J connectivity index is 2.15. The average Bonchev–Trinajstić information content (AvgIpc) is 2.59. The number of likely N-dealkylation sites (N-methyl/N-ethyl adjacent to an activating group) is 1. The molecule has 1 atom stereocenters. The number of ether oxygens (including phenoxy) is 1. The van der Waals surface area contributed by atoms with Crippen molar-refractivity contribution in [3.05, 3.63) is 35.4 Å². The van der Waals surface area contributed by atoms with Gasteiger partial charge in [0.05, 0.1) is 0 Å². The first-order valence-corrected chi connectivity index (χ1v) is 9.56. The fraction of sp³-hybridized carbons (Fsp3) is 0.619. The van der Waals surface area contributed by atoms with Crippen LogP contribution in [0.4, 0.5) is 4.79 Å². The minimum absolute atomic E-state index is 0.0151. The molecule has 0 unspecified atom stereocenters. The third-order valence-corrected chi connectivity index (χ3v) is 4.73. The lowest BCUT2D eigenvalue weighted by atomic mass is 10.0. The molecule has 1 saturated heterocycles. The van der Waals surface area contributed by atoms with Gasteiger partial charge in [0.2, 0.25) is 5.91 Å². The first-order valence-electron chi connectivity index (χ1n) is 9.56. The molecule has 0 bridgehead atoms. The van der Waals surface area contributed by atoms with Crippen molar-refractivity contribution in [3.63, 3.8) is 0 Å². The van der Waals surface area contributed by atoms with E-state index in [-0.39, 0.29) is 12.0 Å². The van der Waals surface area contributed by atoms with Crippen LogP contribution in [0.2, 0.25) is 0 Å². The highest BCUT2D eigenvalue weighted by atomic mass is 16.6. The third kappa shape index (κ3) is 5.23. The van der Waals surface area contributed by atoms with Crippen molar-refractivity contribution in [3.8, 4) is 0 Å². The first kappa shape index (κ1) is 20.3. The Morgan fingerprint density at radius 2 is 1.92 bits per heavy atom. The molecule has 0 aliphatic carbocycles. The van der Waals surface area contributed by atoms with Crippen LogP contribution in [-0.2, 0) is 16.1 Å². The van der Waals surface area contributed by atoms with Gasteiger partial charge in [-0.05, 0) is 65.0 Å². The molecule has 0 spiro atoms. The number of hydrogen-bond acceptors (Lipinski definition) is 3. The van der Waals surface area contributed by atoms with Crippen molar-refractivity contribution in [1.29, 1.82) is 0 Å². The van der Waals surface area contributed by atoms with Gasteiger partial charge in [0, 0.05) is 19.6 Å². The van der Waals surface area contributed by atoms with Crippen LogP contribution >= 0.6 is 0 Å². The molecule has 1 aliphatic heterocycles. The fourth-order valence-corrected chi connectivity index (χ4v) is 3.28. The van der Waals surface area contributed by atoms with Gasteiger partial charge in [-0.1, -0.05) is 24.3 Å². The van der Waals surface area contributed by atoms with Crippen molar-refractivity contribution in [2.45, 2.75) is 72.1 Å². The molecule has 5 nitrogen and oxygen atoms in total. The number of carbonyl (C=O) groups is 2. The van der Waals surface area contributed by atoms with Gasteiger partial charge in [-0.25, -0.2) is 4.79 Å². The molecule has 5 heteroatoms. The largest absolute Gasteiger partial charge is 0.444 e. The molecule has 144 valence electrons. The second-order valence-corrected chi connectivity index (χ2v) is 7.96. The molecule has 2 amide bonds. The summed E-state index contributed by atoms with van der Waals surface area (Å²) in [4.78, 5) is 29.3. The highest BCUT2D eigenvalue weighted by Gasteiger charge is 2.36. The topological polar surface area (TPSA) is 49.9 Å². The zero-order valence-corrected chi connectivity index (χ0v) is 16.7. The zero-order chi connectivity index (χ0) is 19.3. The minimum Gasteiger partial charge on any atom is -0.444 e. The summed E-state index contributed by atoms with van der Waals surface area (Å²) >= 11 is 0. The molecule has 1 aromatic carbocycles. The molecule has 0 radical (unpaired) electrons. The van der Waals surface area contributed by atoms with Gasteiger partial charge in [0.15, 0.2) is 0 Å². The van der Waals surface area contributed by atoms with Crippen LogP contribution in [0.1, 0.15) is 58.1 Å². The summed E-state index contributed by atoms with van der Waals surface area (Å²) in [6.45, 7) is 11.4. The summed E-state index contributed by atoms with van der Waals surface area (Å²) in [5.41, 5.74) is 1.75. The van der Waals surface area contributed by atoms with E-state index in [2.05, 4.69) is 19.1 Å². The third-order valence-electron chi connectivity index (χ3n) is 4.73. The van der Waals surface area contributed by atoms with Gasteiger partial charge in [0.25, 0.3) is 0 Å². The fourth-order valence-electron chi connectivity index (χ4n) is 3.28. The van der Waals surface area contributed by atoms with Crippen molar-refractivity contribution < 1.29 is 14.3 Å². The Morgan fingerprint density at radius 3 is 2.54 bits per heavy atom. The van der Waals surface area contributed by atoms with Crippen LogP contribution in [0.15, 0.2) is 24.3 Å². The molecule has 1 heterocycles. The SMILES string of the molecule is CCN(Cc1ccccc1C)C(=O)[C@@H]1CCCCN1C(=O)OC(C)(C)C. The molecular weight excluding hydrogens is 328 g/mol.